The van der Waals surface area contributed by atoms with Crippen molar-refractivity contribution in [2.45, 2.75) is 12.2 Å². The minimum atomic E-state index is -3.47. The van der Waals surface area contributed by atoms with Crippen LogP contribution in [0.5, 0.6) is 11.5 Å². The summed E-state index contributed by atoms with van der Waals surface area (Å²) in [6.45, 7) is 0.263. The lowest BCUT2D eigenvalue weighted by Crippen LogP contribution is -2.27. The van der Waals surface area contributed by atoms with Crippen LogP contribution in [0, 0.1) is 5.82 Å². The van der Waals surface area contributed by atoms with Crippen LogP contribution in [0.2, 0.25) is 0 Å². The SMILES string of the molecule is COc1ccc(CCNS(=O)(=O)Cc2ccc(F)cc2)cc1OC. The van der Waals surface area contributed by atoms with Gasteiger partial charge >= 0.3 is 0 Å². The predicted molar refractivity (Wildman–Crippen MR) is 90.3 cm³/mol. The van der Waals surface area contributed by atoms with Crippen molar-refractivity contribution in [3.8, 4) is 11.5 Å². The van der Waals surface area contributed by atoms with Crippen LogP contribution in [-0.4, -0.2) is 29.2 Å². The van der Waals surface area contributed by atoms with E-state index in [2.05, 4.69) is 4.72 Å². The summed E-state index contributed by atoms with van der Waals surface area (Å²) in [7, 11) is -0.369. The fourth-order valence-electron chi connectivity index (χ4n) is 2.24. The Kier molecular flexibility index (Phi) is 6.16. The normalized spacial score (nSPS) is 11.3. The lowest BCUT2D eigenvalue weighted by molar-refractivity contribution is 0.354. The van der Waals surface area contributed by atoms with Crippen LogP contribution >= 0.6 is 0 Å². The molecule has 130 valence electrons. The van der Waals surface area contributed by atoms with Crippen molar-refractivity contribution in [1.29, 1.82) is 0 Å². The molecule has 0 radical (unpaired) electrons. The molecule has 0 heterocycles. The van der Waals surface area contributed by atoms with Crippen LogP contribution in [-0.2, 0) is 22.2 Å². The number of rotatable bonds is 8. The Morgan fingerprint density at radius 3 is 2.21 bits per heavy atom. The largest absolute Gasteiger partial charge is 0.493 e. The minimum absolute atomic E-state index is 0.181. The molecule has 7 heteroatoms. The lowest BCUT2D eigenvalue weighted by Gasteiger charge is -2.10. The van der Waals surface area contributed by atoms with Gasteiger partial charge in [0.2, 0.25) is 10.0 Å². The van der Waals surface area contributed by atoms with E-state index in [0.717, 1.165) is 5.56 Å². The zero-order valence-electron chi connectivity index (χ0n) is 13.6. The van der Waals surface area contributed by atoms with E-state index in [1.165, 1.54) is 24.3 Å². The Bertz CT molecular complexity index is 776. The summed E-state index contributed by atoms with van der Waals surface area (Å²) in [4.78, 5) is 0. The van der Waals surface area contributed by atoms with Crippen molar-refractivity contribution in [2.75, 3.05) is 20.8 Å². The first-order valence-electron chi connectivity index (χ1n) is 7.36. The Balaban J connectivity index is 1.91. The average molecular weight is 353 g/mol. The number of hydrogen-bond acceptors (Lipinski definition) is 4. The molecule has 0 aliphatic carbocycles. The molecule has 2 aromatic rings. The van der Waals surface area contributed by atoms with E-state index in [0.29, 0.717) is 23.5 Å². The molecular weight excluding hydrogens is 333 g/mol. The molecule has 5 nitrogen and oxygen atoms in total. The molecule has 0 spiro atoms. The molecule has 0 aliphatic rings. The summed E-state index contributed by atoms with van der Waals surface area (Å²) in [5, 5.41) is 0. The van der Waals surface area contributed by atoms with E-state index in [-0.39, 0.29) is 12.3 Å². The Labute approximate surface area is 141 Å². The average Bonchev–Trinajstić information content (AvgIpc) is 2.56. The van der Waals surface area contributed by atoms with Crippen molar-refractivity contribution in [1.82, 2.24) is 4.72 Å². The van der Waals surface area contributed by atoms with Crippen molar-refractivity contribution in [3.05, 3.63) is 59.4 Å². The highest BCUT2D eigenvalue weighted by Gasteiger charge is 2.11. The standard InChI is InChI=1S/C17H20FNO4S/c1-22-16-8-5-13(11-17(16)23-2)9-10-19-24(20,21)12-14-3-6-15(18)7-4-14/h3-8,11,19H,9-10,12H2,1-2H3. The lowest BCUT2D eigenvalue weighted by atomic mass is 10.1. The number of ether oxygens (including phenoxy) is 2. The van der Waals surface area contributed by atoms with Gasteiger partial charge in [-0.25, -0.2) is 17.5 Å². The van der Waals surface area contributed by atoms with Crippen molar-refractivity contribution in [3.63, 3.8) is 0 Å². The van der Waals surface area contributed by atoms with E-state index < -0.39 is 15.8 Å². The Morgan fingerprint density at radius 2 is 1.58 bits per heavy atom. The third kappa shape index (κ3) is 5.21. The van der Waals surface area contributed by atoms with Crippen LogP contribution in [0.3, 0.4) is 0 Å². The van der Waals surface area contributed by atoms with Crippen LogP contribution in [0.1, 0.15) is 11.1 Å². The molecule has 0 aliphatic heterocycles. The van der Waals surface area contributed by atoms with E-state index in [4.69, 9.17) is 9.47 Å². The number of halogens is 1. The summed E-state index contributed by atoms with van der Waals surface area (Å²) in [6.07, 6.45) is 0.517. The molecule has 2 aromatic carbocycles. The van der Waals surface area contributed by atoms with Gasteiger partial charge in [0.1, 0.15) is 5.82 Å². The smallest absolute Gasteiger partial charge is 0.215 e. The quantitative estimate of drug-likeness (QED) is 0.792. The second kappa shape index (κ2) is 8.12. The molecule has 0 atom stereocenters. The first kappa shape index (κ1) is 18.2. The van der Waals surface area contributed by atoms with E-state index >= 15 is 0 Å². The zero-order valence-corrected chi connectivity index (χ0v) is 14.4. The van der Waals surface area contributed by atoms with Gasteiger partial charge in [-0.1, -0.05) is 18.2 Å². The topological polar surface area (TPSA) is 64.6 Å². The van der Waals surface area contributed by atoms with Gasteiger partial charge < -0.3 is 9.47 Å². The highest BCUT2D eigenvalue weighted by atomic mass is 32.2. The molecule has 2 rings (SSSR count). The van der Waals surface area contributed by atoms with Gasteiger partial charge in [-0.15, -0.1) is 0 Å². The maximum Gasteiger partial charge on any atom is 0.215 e. The Hall–Kier alpha value is -2.12. The summed E-state index contributed by atoms with van der Waals surface area (Å²) in [5.74, 6) is 0.652. The van der Waals surface area contributed by atoms with E-state index in [9.17, 15) is 12.8 Å². The van der Waals surface area contributed by atoms with E-state index in [1.807, 2.05) is 12.1 Å². The fraction of sp³-hybridized carbons (Fsp3) is 0.294. The van der Waals surface area contributed by atoms with Gasteiger partial charge in [-0.05, 0) is 41.8 Å². The molecule has 0 amide bonds. The highest BCUT2D eigenvalue weighted by Crippen LogP contribution is 2.27. The zero-order chi connectivity index (χ0) is 17.6. The summed E-state index contributed by atoms with van der Waals surface area (Å²) < 4.78 is 49.9. The van der Waals surface area contributed by atoms with Crippen molar-refractivity contribution >= 4 is 10.0 Å². The van der Waals surface area contributed by atoms with Gasteiger partial charge in [-0.2, -0.15) is 0 Å². The molecular formula is C17H20FNO4S. The number of sulfonamides is 1. The first-order chi connectivity index (χ1) is 11.4. The molecule has 0 bridgehead atoms. The van der Waals surface area contributed by atoms with Crippen molar-refractivity contribution < 1.29 is 22.3 Å². The minimum Gasteiger partial charge on any atom is -0.493 e. The highest BCUT2D eigenvalue weighted by molar-refractivity contribution is 7.88. The third-order valence-corrected chi connectivity index (χ3v) is 4.81. The molecule has 24 heavy (non-hydrogen) atoms. The second-order valence-corrected chi connectivity index (χ2v) is 7.03. The van der Waals surface area contributed by atoms with Crippen LogP contribution in [0.4, 0.5) is 4.39 Å². The molecule has 0 unspecified atom stereocenters. The maximum atomic E-state index is 12.8. The maximum absolute atomic E-state index is 12.8. The Morgan fingerprint density at radius 1 is 0.958 bits per heavy atom. The fourth-order valence-corrected chi connectivity index (χ4v) is 3.38. The molecule has 0 aromatic heterocycles. The van der Waals surface area contributed by atoms with Gasteiger partial charge in [0.15, 0.2) is 11.5 Å². The van der Waals surface area contributed by atoms with Gasteiger partial charge in [-0.3, -0.25) is 0 Å². The predicted octanol–water partition coefficient (Wildman–Crippen LogP) is 2.51. The summed E-state index contributed by atoms with van der Waals surface area (Å²) >= 11 is 0. The molecule has 0 fully saturated rings. The van der Waals surface area contributed by atoms with Gasteiger partial charge in [0, 0.05) is 6.54 Å². The monoisotopic (exact) mass is 353 g/mol. The number of benzene rings is 2. The van der Waals surface area contributed by atoms with Gasteiger partial charge in [0.25, 0.3) is 0 Å². The van der Waals surface area contributed by atoms with E-state index in [1.54, 1.807) is 20.3 Å². The van der Waals surface area contributed by atoms with Crippen LogP contribution in [0.25, 0.3) is 0 Å². The molecule has 0 saturated heterocycles. The van der Waals surface area contributed by atoms with Crippen LogP contribution < -0.4 is 14.2 Å². The van der Waals surface area contributed by atoms with Crippen molar-refractivity contribution in [2.24, 2.45) is 0 Å². The third-order valence-electron chi connectivity index (χ3n) is 3.45. The van der Waals surface area contributed by atoms with Crippen LogP contribution in [0.15, 0.2) is 42.5 Å². The summed E-state index contributed by atoms with van der Waals surface area (Å²) in [5.41, 5.74) is 1.46. The number of hydrogen-bond donors (Lipinski definition) is 1. The first-order valence-corrected chi connectivity index (χ1v) is 9.01. The number of methoxy groups -OCH3 is 2. The van der Waals surface area contributed by atoms with Gasteiger partial charge in [0.05, 0.1) is 20.0 Å². The number of nitrogens with one attached hydrogen (secondary N) is 1. The second-order valence-electron chi connectivity index (χ2n) is 5.22. The molecule has 0 saturated carbocycles. The summed E-state index contributed by atoms with van der Waals surface area (Å²) in [6, 6.07) is 10.9. The molecule has 1 N–H and O–H groups in total.